The average Bonchev–Trinajstić information content (AvgIpc) is 2.34. The summed E-state index contributed by atoms with van der Waals surface area (Å²) in [6, 6.07) is 0.762. The summed E-state index contributed by atoms with van der Waals surface area (Å²) in [6.07, 6.45) is 2.82. The van der Waals surface area contributed by atoms with Crippen LogP contribution in [0.5, 0.6) is 0 Å². The van der Waals surface area contributed by atoms with Gasteiger partial charge < -0.3 is 5.32 Å². The van der Waals surface area contributed by atoms with Crippen molar-refractivity contribution in [1.29, 1.82) is 0 Å². The minimum absolute atomic E-state index is 0.354. The second-order valence-electron chi connectivity index (χ2n) is 5.62. The third-order valence-electron chi connectivity index (χ3n) is 3.49. The minimum atomic E-state index is 0.354. The van der Waals surface area contributed by atoms with E-state index in [-0.39, 0.29) is 0 Å². The van der Waals surface area contributed by atoms with Gasteiger partial charge in [0.15, 0.2) is 0 Å². The van der Waals surface area contributed by atoms with Crippen LogP contribution in [0.2, 0.25) is 0 Å². The molecule has 0 aliphatic carbocycles. The molecule has 0 aromatic carbocycles. The van der Waals surface area contributed by atoms with Crippen molar-refractivity contribution in [3.63, 3.8) is 0 Å². The highest BCUT2D eigenvalue weighted by Gasteiger charge is 2.33. The van der Waals surface area contributed by atoms with Gasteiger partial charge in [-0.3, -0.25) is 4.90 Å². The Morgan fingerprint density at radius 1 is 1.15 bits per heavy atom. The van der Waals surface area contributed by atoms with Gasteiger partial charge in [-0.2, -0.15) is 0 Å². The maximum absolute atomic E-state index is 3.64. The molecular formula is C11H22N2. The van der Waals surface area contributed by atoms with E-state index in [2.05, 4.69) is 31.0 Å². The zero-order valence-corrected chi connectivity index (χ0v) is 9.14. The molecule has 3 aliphatic rings. The fraction of sp³-hybridized carbons (Fsp3) is 1.00. The Kier molecular flexibility index (Phi) is 2.37. The zero-order chi connectivity index (χ0) is 9.47. The molecule has 0 saturated carbocycles. The van der Waals surface area contributed by atoms with Gasteiger partial charge in [-0.15, -0.1) is 0 Å². The van der Waals surface area contributed by atoms with E-state index in [1.54, 1.807) is 0 Å². The van der Waals surface area contributed by atoms with Gasteiger partial charge in [0, 0.05) is 24.7 Å². The van der Waals surface area contributed by atoms with Crippen LogP contribution in [0, 0.1) is 5.92 Å². The Bertz CT molecular complexity index is 161. The first-order valence-electron chi connectivity index (χ1n) is 5.54. The highest BCUT2D eigenvalue weighted by atomic mass is 15.2. The standard InChI is InChI=1S/C11H22N2/c1-11(2,3)13-7-9-4-5-10(8-13)12-6-9/h9-10,12H,4-8H2,1-3H3. The van der Waals surface area contributed by atoms with Crippen LogP contribution in [0.25, 0.3) is 0 Å². The van der Waals surface area contributed by atoms with E-state index in [0.29, 0.717) is 5.54 Å². The Labute approximate surface area is 81.7 Å². The van der Waals surface area contributed by atoms with Crippen LogP contribution in [0.4, 0.5) is 0 Å². The maximum Gasteiger partial charge on any atom is 0.0195 e. The van der Waals surface area contributed by atoms with Crippen molar-refractivity contribution in [2.24, 2.45) is 5.92 Å². The smallest absolute Gasteiger partial charge is 0.0195 e. The van der Waals surface area contributed by atoms with Gasteiger partial charge in [-0.25, -0.2) is 0 Å². The van der Waals surface area contributed by atoms with E-state index in [1.165, 1.54) is 32.5 Å². The topological polar surface area (TPSA) is 15.3 Å². The van der Waals surface area contributed by atoms with Gasteiger partial charge in [0.2, 0.25) is 0 Å². The molecule has 2 nitrogen and oxygen atoms in total. The summed E-state index contributed by atoms with van der Waals surface area (Å²) in [5.74, 6) is 0.901. The van der Waals surface area contributed by atoms with Crippen LogP contribution >= 0.6 is 0 Å². The van der Waals surface area contributed by atoms with E-state index in [0.717, 1.165) is 12.0 Å². The number of piperidine rings is 1. The first-order chi connectivity index (χ1) is 6.05. The highest BCUT2D eigenvalue weighted by Crippen LogP contribution is 2.26. The van der Waals surface area contributed by atoms with Crippen molar-refractivity contribution in [1.82, 2.24) is 10.2 Å². The predicted molar refractivity (Wildman–Crippen MR) is 55.8 cm³/mol. The summed E-state index contributed by atoms with van der Waals surface area (Å²) < 4.78 is 0. The lowest BCUT2D eigenvalue weighted by Crippen LogP contribution is -2.46. The second-order valence-corrected chi connectivity index (χ2v) is 5.62. The summed E-state index contributed by atoms with van der Waals surface area (Å²) in [4.78, 5) is 2.65. The summed E-state index contributed by atoms with van der Waals surface area (Å²) >= 11 is 0. The van der Waals surface area contributed by atoms with Crippen molar-refractivity contribution in [3.05, 3.63) is 0 Å². The molecule has 76 valence electrons. The Morgan fingerprint density at radius 3 is 2.46 bits per heavy atom. The first-order valence-corrected chi connectivity index (χ1v) is 5.54. The number of nitrogens with zero attached hydrogens (tertiary/aromatic N) is 1. The van der Waals surface area contributed by atoms with Crippen LogP contribution in [0.15, 0.2) is 0 Å². The molecule has 1 N–H and O–H groups in total. The second kappa shape index (κ2) is 3.25. The molecule has 0 amide bonds. The molecule has 3 saturated heterocycles. The van der Waals surface area contributed by atoms with Gasteiger partial charge in [0.05, 0.1) is 0 Å². The summed E-state index contributed by atoms with van der Waals surface area (Å²) in [6.45, 7) is 10.8. The molecule has 2 heteroatoms. The lowest BCUT2D eigenvalue weighted by atomic mass is 9.97. The van der Waals surface area contributed by atoms with Crippen molar-refractivity contribution in [3.8, 4) is 0 Å². The summed E-state index contributed by atoms with van der Waals surface area (Å²) in [7, 11) is 0. The maximum atomic E-state index is 3.64. The van der Waals surface area contributed by atoms with Crippen molar-refractivity contribution in [2.75, 3.05) is 19.6 Å². The van der Waals surface area contributed by atoms with E-state index in [1.807, 2.05) is 0 Å². The quantitative estimate of drug-likeness (QED) is 0.610. The molecule has 0 radical (unpaired) electrons. The molecular weight excluding hydrogens is 160 g/mol. The van der Waals surface area contributed by atoms with Crippen LogP contribution in [-0.2, 0) is 0 Å². The molecule has 2 bridgehead atoms. The first kappa shape index (κ1) is 9.47. The number of hydrogen-bond acceptors (Lipinski definition) is 2. The Hall–Kier alpha value is -0.0800. The fourth-order valence-electron chi connectivity index (χ4n) is 2.49. The molecule has 3 heterocycles. The third kappa shape index (κ3) is 2.05. The van der Waals surface area contributed by atoms with Crippen molar-refractivity contribution >= 4 is 0 Å². The van der Waals surface area contributed by atoms with E-state index in [9.17, 15) is 0 Å². The monoisotopic (exact) mass is 182 g/mol. The third-order valence-corrected chi connectivity index (χ3v) is 3.49. The summed E-state index contributed by atoms with van der Waals surface area (Å²) in [5, 5.41) is 3.64. The van der Waals surface area contributed by atoms with Crippen LogP contribution in [-0.4, -0.2) is 36.1 Å². The predicted octanol–water partition coefficient (Wildman–Crippen LogP) is 1.47. The largest absolute Gasteiger partial charge is 0.312 e. The number of rotatable bonds is 0. The SMILES string of the molecule is CC(C)(C)N1CC2CCC(C1)NC2. The lowest BCUT2D eigenvalue weighted by Gasteiger charge is -2.35. The minimum Gasteiger partial charge on any atom is -0.312 e. The van der Waals surface area contributed by atoms with Crippen LogP contribution in [0.3, 0.4) is 0 Å². The van der Waals surface area contributed by atoms with Gasteiger partial charge in [-0.05, 0) is 46.1 Å². The zero-order valence-electron chi connectivity index (χ0n) is 9.14. The normalized spacial score (nSPS) is 36.2. The Morgan fingerprint density at radius 2 is 1.92 bits per heavy atom. The lowest BCUT2D eigenvalue weighted by molar-refractivity contribution is 0.131. The van der Waals surface area contributed by atoms with Crippen molar-refractivity contribution in [2.45, 2.75) is 45.2 Å². The molecule has 2 atom stereocenters. The molecule has 0 spiro atoms. The van der Waals surface area contributed by atoms with Gasteiger partial charge >= 0.3 is 0 Å². The molecule has 3 rings (SSSR count). The van der Waals surface area contributed by atoms with Crippen LogP contribution in [0.1, 0.15) is 33.6 Å². The van der Waals surface area contributed by atoms with E-state index >= 15 is 0 Å². The highest BCUT2D eigenvalue weighted by molar-refractivity contribution is 4.91. The van der Waals surface area contributed by atoms with Crippen molar-refractivity contribution < 1.29 is 0 Å². The van der Waals surface area contributed by atoms with Gasteiger partial charge in [0.25, 0.3) is 0 Å². The number of nitrogens with one attached hydrogen (secondary N) is 1. The van der Waals surface area contributed by atoms with Crippen LogP contribution < -0.4 is 5.32 Å². The molecule has 0 aromatic heterocycles. The van der Waals surface area contributed by atoms with E-state index < -0.39 is 0 Å². The molecule has 2 unspecified atom stereocenters. The van der Waals surface area contributed by atoms with E-state index in [4.69, 9.17) is 0 Å². The average molecular weight is 182 g/mol. The molecule has 13 heavy (non-hydrogen) atoms. The summed E-state index contributed by atoms with van der Waals surface area (Å²) in [5.41, 5.74) is 0.354. The van der Waals surface area contributed by atoms with Gasteiger partial charge in [0.1, 0.15) is 0 Å². The Balaban J connectivity index is 2.07. The molecule has 3 aliphatic heterocycles. The number of fused-ring (bicyclic) bond motifs is 4. The fourth-order valence-corrected chi connectivity index (χ4v) is 2.49. The molecule has 0 aromatic rings. The molecule has 3 fully saturated rings. The van der Waals surface area contributed by atoms with Gasteiger partial charge in [-0.1, -0.05) is 0 Å². The number of hydrogen-bond donors (Lipinski definition) is 1.